The second-order valence-electron chi connectivity index (χ2n) is 6.59. The minimum Gasteiger partial charge on any atom is -0.492 e. The van der Waals surface area contributed by atoms with E-state index in [1.807, 2.05) is 12.1 Å². The molecule has 2 heterocycles. The van der Waals surface area contributed by atoms with Gasteiger partial charge in [-0.2, -0.15) is 0 Å². The average Bonchev–Trinajstić information content (AvgIpc) is 3.41. The maximum Gasteiger partial charge on any atom is 0.220 e. The molecule has 4 nitrogen and oxygen atoms in total. The largest absolute Gasteiger partial charge is 0.492 e. The van der Waals surface area contributed by atoms with Crippen LogP contribution < -0.4 is 10.1 Å². The molecule has 2 saturated heterocycles. The number of benzene rings is 1. The van der Waals surface area contributed by atoms with Gasteiger partial charge in [0.1, 0.15) is 12.4 Å². The summed E-state index contributed by atoms with van der Waals surface area (Å²) in [5, 5.41) is 2.99. The first-order valence-corrected chi connectivity index (χ1v) is 8.04. The van der Waals surface area contributed by atoms with Gasteiger partial charge in [-0.25, -0.2) is 0 Å². The van der Waals surface area contributed by atoms with Gasteiger partial charge in [-0.1, -0.05) is 12.1 Å². The average molecular weight is 286 g/mol. The fourth-order valence-electron chi connectivity index (χ4n) is 3.09. The summed E-state index contributed by atoms with van der Waals surface area (Å²) in [6.45, 7) is 3.27. The highest BCUT2D eigenvalue weighted by Gasteiger charge is 2.38. The molecule has 3 aliphatic rings. The smallest absolute Gasteiger partial charge is 0.220 e. The van der Waals surface area contributed by atoms with Crippen LogP contribution in [0.15, 0.2) is 24.3 Å². The first kappa shape index (κ1) is 13.1. The first-order valence-electron chi connectivity index (χ1n) is 8.04. The zero-order valence-corrected chi connectivity index (χ0v) is 12.3. The Bertz CT molecular complexity index is 524. The Morgan fingerprint density at radius 3 is 2.67 bits per heavy atom. The molecule has 1 aromatic rings. The lowest BCUT2D eigenvalue weighted by Crippen LogP contribution is -2.18. The van der Waals surface area contributed by atoms with Crippen LogP contribution in [0.1, 0.15) is 37.3 Å². The highest BCUT2D eigenvalue weighted by molar-refractivity contribution is 5.78. The number of carbonyl (C=O) groups is 1. The minimum absolute atomic E-state index is 0.157. The van der Waals surface area contributed by atoms with Crippen LogP contribution in [0.5, 0.6) is 5.75 Å². The number of hydrogen-bond donors (Lipinski definition) is 1. The Balaban J connectivity index is 1.25. The Labute approximate surface area is 125 Å². The third-order valence-electron chi connectivity index (χ3n) is 4.74. The van der Waals surface area contributed by atoms with Crippen molar-refractivity contribution in [3.05, 3.63) is 29.8 Å². The van der Waals surface area contributed by atoms with Crippen molar-refractivity contribution in [1.29, 1.82) is 0 Å². The maximum atomic E-state index is 11.2. The molecule has 4 rings (SSSR count). The maximum absolute atomic E-state index is 11.2. The minimum atomic E-state index is 0.157. The highest BCUT2D eigenvalue weighted by Crippen LogP contribution is 2.33. The van der Waals surface area contributed by atoms with E-state index in [-0.39, 0.29) is 11.9 Å². The fraction of sp³-hybridized carbons (Fsp3) is 0.588. The predicted octanol–water partition coefficient (Wildman–Crippen LogP) is 2.11. The van der Waals surface area contributed by atoms with Crippen LogP contribution in [0, 0.1) is 5.92 Å². The van der Waals surface area contributed by atoms with Crippen molar-refractivity contribution < 1.29 is 9.53 Å². The van der Waals surface area contributed by atoms with Crippen LogP contribution >= 0.6 is 0 Å². The van der Waals surface area contributed by atoms with Crippen molar-refractivity contribution in [2.45, 2.75) is 37.8 Å². The fourth-order valence-corrected chi connectivity index (χ4v) is 3.09. The summed E-state index contributed by atoms with van der Waals surface area (Å²) in [6.07, 6.45) is 4.38. The molecule has 3 atom stereocenters. The van der Waals surface area contributed by atoms with Gasteiger partial charge in [0, 0.05) is 19.5 Å². The highest BCUT2D eigenvalue weighted by atomic mass is 16.5. The molecule has 1 aliphatic carbocycles. The van der Waals surface area contributed by atoms with Crippen LogP contribution in [0.2, 0.25) is 0 Å². The zero-order valence-electron chi connectivity index (χ0n) is 12.3. The molecule has 1 amide bonds. The molecule has 0 spiro atoms. The van der Waals surface area contributed by atoms with Gasteiger partial charge in [0.2, 0.25) is 5.91 Å². The quantitative estimate of drug-likeness (QED) is 0.814. The standard InChI is InChI=1S/C17H22N2O2/c20-17-8-7-16(18-17)13-3-5-15(6-4-13)21-11-14-10-19(14)9-12-1-2-12/h3-6,12,14,16H,1-2,7-11H2,(H,18,20). The first-order chi connectivity index (χ1) is 10.3. The van der Waals surface area contributed by atoms with Gasteiger partial charge in [-0.15, -0.1) is 0 Å². The Hall–Kier alpha value is -1.55. The van der Waals surface area contributed by atoms with Crippen LogP contribution in [0.4, 0.5) is 0 Å². The summed E-state index contributed by atoms with van der Waals surface area (Å²) in [5.41, 5.74) is 1.18. The summed E-state index contributed by atoms with van der Waals surface area (Å²) in [6, 6.07) is 8.99. The molecule has 0 aromatic heterocycles. The van der Waals surface area contributed by atoms with Crippen LogP contribution in [-0.4, -0.2) is 36.5 Å². The number of nitrogens with one attached hydrogen (secondary N) is 1. The van der Waals surface area contributed by atoms with E-state index in [1.165, 1.54) is 31.5 Å². The van der Waals surface area contributed by atoms with Gasteiger partial charge in [0.15, 0.2) is 0 Å². The molecule has 2 aliphatic heterocycles. The summed E-state index contributed by atoms with van der Waals surface area (Å²) in [7, 11) is 0. The van der Waals surface area contributed by atoms with E-state index in [4.69, 9.17) is 4.74 Å². The zero-order chi connectivity index (χ0) is 14.2. The summed E-state index contributed by atoms with van der Waals surface area (Å²) < 4.78 is 5.87. The second-order valence-corrected chi connectivity index (χ2v) is 6.59. The summed E-state index contributed by atoms with van der Waals surface area (Å²) in [4.78, 5) is 13.8. The number of amides is 1. The van der Waals surface area contributed by atoms with E-state index in [9.17, 15) is 4.79 Å². The monoisotopic (exact) mass is 286 g/mol. The number of carbonyl (C=O) groups excluding carboxylic acids is 1. The van der Waals surface area contributed by atoms with Gasteiger partial charge in [-0.05, 0) is 42.9 Å². The molecule has 112 valence electrons. The van der Waals surface area contributed by atoms with Crippen LogP contribution in [-0.2, 0) is 4.79 Å². The van der Waals surface area contributed by atoms with Crippen molar-refractivity contribution in [1.82, 2.24) is 10.2 Å². The van der Waals surface area contributed by atoms with Gasteiger partial charge < -0.3 is 10.1 Å². The molecule has 0 radical (unpaired) electrons. The van der Waals surface area contributed by atoms with E-state index in [1.54, 1.807) is 0 Å². The third-order valence-corrected chi connectivity index (χ3v) is 4.74. The van der Waals surface area contributed by atoms with Crippen LogP contribution in [0.3, 0.4) is 0 Å². The van der Waals surface area contributed by atoms with Crippen molar-refractivity contribution in [2.24, 2.45) is 5.92 Å². The van der Waals surface area contributed by atoms with Gasteiger partial charge in [0.25, 0.3) is 0 Å². The van der Waals surface area contributed by atoms with Crippen molar-refractivity contribution in [3.63, 3.8) is 0 Å². The van der Waals surface area contributed by atoms with E-state index >= 15 is 0 Å². The molecule has 3 unspecified atom stereocenters. The van der Waals surface area contributed by atoms with Crippen molar-refractivity contribution in [2.75, 3.05) is 19.7 Å². The lowest BCUT2D eigenvalue weighted by Gasteiger charge is -2.11. The number of rotatable bonds is 6. The van der Waals surface area contributed by atoms with Gasteiger partial charge in [0.05, 0.1) is 12.1 Å². The lowest BCUT2D eigenvalue weighted by molar-refractivity contribution is -0.119. The van der Waals surface area contributed by atoms with Crippen molar-refractivity contribution in [3.8, 4) is 5.75 Å². The predicted molar refractivity (Wildman–Crippen MR) is 80.1 cm³/mol. The molecule has 3 fully saturated rings. The Morgan fingerprint density at radius 2 is 2.00 bits per heavy atom. The van der Waals surface area contributed by atoms with Gasteiger partial charge in [-0.3, -0.25) is 9.69 Å². The second kappa shape index (κ2) is 5.34. The molecule has 1 saturated carbocycles. The molecule has 4 heteroatoms. The van der Waals surface area contributed by atoms with E-state index in [0.717, 1.165) is 24.7 Å². The number of nitrogens with zero attached hydrogens (tertiary/aromatic N) is 1. The van der Waals surface area contributed by atoms with E-state index < -0.39 is 0 Å². The van der Waals surface area contributed by atoms with Crippen LogP contribution in [0.25, 0.3) is 0 Å². The normalized spacial score (nSPS) is 31.0. The topological polar surface area (TPSA) is 41.3 Å². The van der Waals surface area contributed by atoms with Crippen molar-refractivity contribution >= 4 is 5.91 Å². The van der Waals surface area contributed by atoms with Gasteiger partial charge >= 0.3 is 0 Å². The Morgan fingerprint density at radius 1 is 1.19 bits per heavy atom. The number of hydrogen-bond acceptors (Lipinski definition) is 3. The number of ether oxygens (including phenoxy) is 1. The molecule has 21 heavy (non-hydrogen) atoms. The Kier molecular flexibility index (Phi) is 3.34. The van der Waals surface area contributed by atoms with E-state index in [0.29, 0.717) is 12.5 Å². The third kappa shape index (κ3) is 3.21. The molecular weight excluding hydrogens is 264 g/mol. The summed E-state index contributed by atoms with van der Waals surface area (Å²) in [5.74, 6) is 2.06. The van der Waals surface area contributed by atoms with E-state index in [2.05, 4.69) is 22.3 Å². The molecular formula is C17H22N2O2. The summed E-state index contributed by atoms with van der Waals surface area (Å²) >= 11 is 0. The molecule has 0 bridgehead atoms. The molecule has 1 aromatic carbocycles. The molecule has 1 N–H and O–H groups in total. The SMILES string of the molecule is O=C1CCC(c2ccc(OCC3CN3CC3CC3)cc2)N1. The lowest BCUT2D eigenvalue weighted by atomic mass is 10.1.